The third kappa shape index (κ3) is 6.09. The lowest BCUT2D eigenvalue weighted by atomic mass is 10.1. The van der Waals surface area contributed by atoms with Crippen molar-refractivity contribution in [1.29, 1.82) is 0 Å². The molecule has 2 rings (SSSR count). The number of rotatable bonds is 5. The molecule has 0 aliphatic carbocycles. The molecule has 128 valence electrons. The number of amides is 2. The van der Waals surface area contributed by atoms with E-state index in [1.54, 1.807) is 0 Å². The van der Waals surface area contributed by atoms with Crippen molar-refractivity contribution in [2.45, 2.75) is 32.1 Å². The summed E-state index contributed by atoms with van der Waals surface area (Å²) in [6, 6.07) is 9.45. The summed E-state index contributed by atoms with van der Waals surface area (Å²) < 4.78 is 36.2. The lowest BCUT2D eigenvalue weighted by Gasteiger charge is -2.18. The molecule has 2 amide bonds. The molecule has 1 aliphatic heterocycles. The first kappa shape index (κ1) is 17.6. The number of nitrogens with zero attached hydrogens (tertiary/aromatic N) is 1. The summed E-state index contributed by atoms with van der Waals surface area (Å²) in [6.07, 6.45) is -5.26. The summed E-state index contributed by atoms with van der Waals surface area (Å²) in [4.78, 5) is 13.9. The van der Waals surface area contributed by atoms with Crippen LogP contribution in [0.1, 0.15) is 18.9 Å². The van der Waals surface area contributed by atoms with Crippen molar-refractivity contribution in [2.24, 2.45) is 5.92 Å². The van der Waals surface area contributed by atoms with Crippen LogP contribution < -0.4 is 10.6 Å². The Hall–Kier alpha value is -1.76. The van der Waals surface area contributed by atoms with Gasteiger partial charge in [0.2, 0.25) is 0 Å². The fourth-order valence-electron chi connectivity index (χ4n) is 2.76. The second kappa shape index (κ2) is 7.68. The van der Waals surface area contributed by atoms with Crippen molar-refractivity contribution in [1.82, 2.24) is 15.5 Å². The Balaban J connectivity index is 1.74. The van der Waals surface area contributed by atoms with Crippen LogP contribution in [0.15, 0.2) is 30.3 Å². The second-order valence-electron chi connectivity index (χ2n) is 6.03. The highest BCUT2D eigenvalue weighted by molar-refractivity contribution is 5.74. The molecule has 1 aromatic carbocycles. The Morgan fingerprint density at radius 3 is 2.61 bits per heavy atom. The van der Waals surface area contributed by atoms with Gasteiger partial charge in [0.1, 0.15) is 0 Å². The molecule has 0 radical (unpaired) electrons. The van der Waals surface area contributed by atoms with Gasteiger partial charge in [0.15, 0.2) is 0 Å². The van der Waals surface area contributed by atoms with E-state index in [9.17, 15) is 18.0 Å². The standard InChI is InChI=1S/C16H22F3N3O/c1-12-9-22(10-13-5-3-2-4-6-13)11-14(12)21-15(23)20-8-7-16(17,18)19/h2-6,12,14H,7-11H2,1H3,(H2,20,21,23)/t12-,14+/m0/s1. The average molecular weight is 329 g/mol. The van der Waals surface area contributed by atoms with Gasteiger partial charge in [0, 0.05) is 32.2 Å². The maximum atomic E-state index is 12.1. The highest BCUT2D eigenvalue weighted by Crippen LogP contribution is 2.19. The van der Waals surface area contributed by atoms with Crippen molar-refractivity contribution in [3.63, 3.8) is 0 Å². The van der Waals surface area contributed by atoms with E-state index in [0.29, 0.717) is 6.54 Å². The number of carbonyl (C=O) groups excluding carboxylic acids is 1. The number of urea groups is 1. The summed E-state index contributed by atoms with van der Waals surface area (Å²) in [6.45, 7) is 3.99. The Morgan fingerprint density at radius 2 is 1.96 bits per heavy atom. The maximum Gasteiger partial charge on any atom is 0.390 e. The van der Waals surface area contributed by atoms with Gasteiger partial charge in [0.25, 0.3) is 0 Å². The Labute approximate surface area is 134 Å². The quantitative estimate of drug-likeness (QED) is 0.872. The Morgan fingerprint density at radius 1 is 1.26 bits per heavy atom. The number of alkyl halides is 3. The topological polar surface area (TPSA) is 44.4 Å². The lowest BCUT2D eigenvalue weighted by molar-refractivity contribution is -0.132. The Kier molecular flexibility index (Phi) is 5.87. The first-order valence-electron chi connectivity index (χ1n) is 7.71. The molecule has 1 heterocycles. The number of carbonyl (C=O) groups is 1. The van der Waals surface area contributed by atoms with Crippen LogP contribution in [-0.4, -0.2) is 42.8 Å². The van der Waals surface area contributed by atoms with Crippen molar-refractivity contribution in [3.05, 3.63) is 35.9 Å². The molecule has 1 aliphatic rings. The van der Waals surface area contributed by atoms with E-state index < -0.39 is 25.2 Å². The van der Waals surface area contributed by atoms with E-state index in [1.165, 1.54) is 5.56 Å². The van der Waals surface area contributed by atoms with Crippen LogP contribution >= 0.6 is 0 Å². The summed E-state index contributed by atoms with van der Waals surface area (Å²) in [7, 11) is 0. The van der Waals surface area contributed by atoms with Crippen molar-refractivity contribution in [3.8, 4) is 0 Å². The molecule has 0 saturated carbocycles. The first-order valence-corrected chi connectivity index (χ1v) is 7.71. The number of likely N-dealkylation sites (tertiary alicyclic amines) is 1. The number of benzene rings is 1. The summed E-state index contributed by atoms with van der Waals surface area (Å²) in [5.74, 6) is 0.257. The van der Waals surface area contributed by atoms with Crippen LogP contribution in [0, 0.1) is 5.92 Å². The third-order valence-electron chi connectivity index (χ3n) is 3.95. The van der Waals surface area contributed by atoms with Gasteiger partial charge in [-0.25, -0.2) is 4.79 Å². The smallest absolute Gasteiger partial charge is 0.338 e. The fraction of sp³-hybridized carbons (Fsp3) is 0.562. The minimum atomic E-state index is -4.25. The molecular formula is C16H22F3N3O. The van der Waals surface area contributed by atoms with Crippen molar-refractivity contribution < 1.29 is 18.0 Å². The summed E-state index contributed by atoms with van der Waals surface area (Å²) in [5.41, 5.74) is 1.20. The van der Waals surface area contributed by atoms with E-state index in [2.05, 4.69) is 27.7 Å². The minimum Gasteiger partial charge on any atom is -0.338 e. The number of nitrogens with one attached hydrogen (secondary N) is 2. The Bertz CT molecular complexity index is 507. The average Bonchev–Trinajstić information content (AvgIpc) is 2.78. The molecule has 1 saturated heterocycles. The SMILES string of the molecule is C[C@H]1CN(Cc2ccccc2)C[C@H]1NC(=O)NCCC(F)(F)F. The molecule has 4 nitrogen and oxygen atoms in total. The molecule has 0 bridgehead atoms. The van der Waals surface area contributed by atoms with Crippen LogP contribution in [0.25, 0.3) is 0 Å². The predicted molar refractivity (Wildman–Crippen MR) is 81.9 cm³/mol. The van der Waals surface area contributed by atoms with Gasteiger partial charge in [0.05, 0.1) is 6.42 Å². The zero-order valence-electron chi connectivity index (χ0n) is 13.1. The number of halogens is 3. The summed E-state index contributed by atoms with van der Waals surface area (Å²) in [5, 5.41) is 5.03. The van der Waals surface area contributed by atoms with Gasteiger partial charge < -0.3 is 10.6 Å². The molecule has 1 aromatic rings. The maximum absolute atomic E-state index is 12.1. The van der Waals surface area contributed by atoms with E-state index in [0.717, 1.165) is 13.1 Å². The normalized spacial score (nSPS) is 22.1. The van der Waals surface area contributed by atoms with E-state index in [-0.39, 0.29) is 12.0 Å². The van der Waals surface area contributed by atoms with E-state index in [4.69, 9.17) is 0 Å². The molecule has 2 N–H and O–H groups in total. The van der Waals surface area contributed by atoms with Crippen LogP contribution in [0.3, 0.4) is 0 Å². The second-order valence-corrected chi connectivity index (χ2v) is 6.03. The monoisotopic (exact) mass is 329 g/mol. The highest BCUT2D eigenvalue weighted by Gasteiger charge is 2.31. The van der Waals surface area contributed by atoms with Crippen LogP contribution in [0.5, 0.6) is 0 Å². The predicted octanol–water partition coefficient (Wildman–Crippen LogP) is 2.76. The van der Waals surface area contributed by atoms with Crippen molar-refractivity contribution >= 4 is 6.03 Å². The molecule has 2 atom stereocenters. The first-order chi connectivity index (χ1) is 10.8. The molecule has 0 unspecified atom stereocenters. The molecule has 1 fully saturated rings. The van der Waals surface area contributed by atoms with Gasteiger partial charge >= 0.3 is 12.2 Å². The lowest BCUT2D eigenvalue weighted by Crippen LogP contribution is -2.46. The van der Waals surface area contributed by atoms with Crippen molar-refractivity contribution in [2.75, 3.05) is 19.6 Å². The molecule has 7 heteroatoms. The van der Waals surface area contributed by atoms with E-state index in [1.807, 2.05) is 25.1 Å². The van der Waals surface area contributed by atoms with E-state index >= 15 is 0 Å². The van der Waals surface area contributed by atoms with Crippen LogP contribution in [0.4, 0.5) is 18.0 Å². The van der Waals surface area contributed by atoms with Crippen LogP contribution in [-0.2, 0) is 6.54 Å². The van der Waals surface area contributed by atoms with Gasteiger partial charge in [-0.1, -0.05) is 37.3 Å². The fourth-order valence-corrected chi connectivity index (χ4v) is 2.76. The molecule has 23 heavy (non-hydrogen) atoms. The zero-order chi connectivity index (χ0) is 16.9. The van der Waals surface area contributed by atoms with Gasteiger partial charge in [-0.15, -0.1) is 0 Å². The molecular weight excluding hydrogens is 307 g/mol. The minimum absolute atomic E-state index is 0.0513. The van der Waals surface area contributed by atoms with Gasteiger partial charge in [-0.2, -0.15) is 13.2 Å². The third-order valence-corrected chi connectivity index (χ3v) is 3.95. The highest BCUT2D eigenvalue weighted by atomic mass is 19.4. The van der Waals surface area contributed by atoms with Gasteiger partial charge in [-0.05, 0) is 11.5 Å². The molecule has 0 spiro atoms. The van der Waals surface area contributed by atoms with Crippen LogP contribution in [0.2, 0.25) is 0 Å². The largest absolute Gasteiger partial charge is 0.390 e. The summed E-state index contributed by atoms with van der Waals surface area (Å²) >= 11 is 0. The number of hydrogen-bond acceptors (Lipinski definition) is 2. The van der Waals surface area contributed by atoms with Gasteiger partial charge in [-0.3, -0.25) is 4.90 Å². The zero-order valence-corrected chi connectivity index (χ0v) is 13.1. The number of hydrogen-bond donors (Lipinski definition) is 2. The molecule has 0 aromatic heterocycles.